The number of ether oxygens (including phenoxy) is 1. The summed E-state index contributed by atoms with van der Waals surface area (Å²) in [5.74, 6) is 1.20. The number of hydrogen-bond donors (Lipinski definition) is 0. The van der Waals surface area contributed by atoms with Crippen LogP contribution in [0.1, 0.15) is 16.7 Å². The second-order valence-electron chi connectivity index (χ2n) is 5.37. The molecule has 21 heavy (non-hydrogen) atoms. The molecule has 1 unspecified atom stereocenters. The van der Waals surface area contributed by atoms with Gasteiger partial charge in [0.05, 0.1) is 7.11 Å². The molecule has 3 heteroatoms. The van der Waals surface area contributed by atoms with Gasteiger partial charge in [0.1, 0.15) is 11.6 Å². The Hall–Kier alpha value is -1.35. The van der Waals surface area contributed by atoms with Crippen LogP contribution in [0.25, 0.3) is 0 Å². The van der Waals surface area contributed by atoms with E-state index in [1.165, 1.54) is 23.3 Å². The molecule has 0 aliphatic rings. The monoisotopic (exact) mass is 350 g/mol. The number of aryl methyl sites for hydroxylation is 1. The largest absolute Gasteiger partial charge is 0.496 e. The zero-order valence-corrected chi connectivity index (χ0v) is 14.0. The summed E-state index contributed by atoms with van der Waals surface area (Å²) in [6.07, 6.45) is 1.86. The highest BCUT2D eigenvalue weighted by molar-refractivity contribution is 9.09. The van der Waals surface area contributed by atoms with Gasteiger partial charge in [-0.15, -0.1) is 0 Å². The summed E-state index contributed by atoms with van der Waals surface area (Å²) in [6.45, 7) is 2.09. The summed E-state index contributed by atoms with van der Waals surface area (Å²) in [5.41, 5.74) is 3.62. The summed E-state index contributed by atoms with van der Waals surface area (Å²) < 4.78 is 18.4. The number of hydrogen-bond acceptors (Lipinski definition) is 1. The van der Waals surface area contributed by atoms with Crippen LogP contribution in [0.5, 0.6) is 5.75 Å². The van der Waals surface area contributed by atoms with Gasteiger partial charge in [-0.2, -0.15) is 0 Å². The molecule has 112 valence electrons. The van der Waals surface area contributed by atoms with E-state index in [-0.39, 0.29) is 5.82 Å². The van der Waals surface area contributed by atoms with E-state index in [2.05, 4.69) is 35.0 Å². The van der Waals surface area contributed by atoms with Crippen LogP contribution >= 0.6 is 15.9 Å². The molecule has 2 aromatic carbocycles. The first-order valence-corrected chi connectivity index (χ1v) is 8.18. The Balaban J connectivity index is 2.11. The molecule has 0 aliphatic carbocycles. The van der Waals surface area contributed by atoms with Crippen molar-refractivity contribution in [3.05, 3.63) is 65.0 Å². The van der Waals surface area contributed by atoms with E-state index in [1.54, 1.807) is 7.11 Å². The van der Waals surface area contributed by atoms with Crippen molar-refractivity contribution in [2.45, 2.75) is 19.8 Å². The fourth-order valence-corrected chi connectivity index (χ4v) is 2.97. The minimum absolute atomic E-state index is 0.186. The third kappa shape index (κ3) is 4.57. The fourth-order valence-electron chi connectivity index (χ4n) is 2.51. The van der Waals surface area contributed by atoms with E-state index < -0.39 is 0 Å². The summed E-state index contributed by atoms with van der Waals surface area (Å²) in [5, 5.41) is 0.904. The van der Waals surface area contributed by atoms with Crippen molar-refractivity contribution in [2.24, 2.45) is 5.92 Å². The molecule has 0 saturated heterocycles. The van der Waals surface area contributed by atoms with Gasteiger partial charge in [0.2, 0.25) is 0 Å². The van der Waals surface area contributed by atoms with Crippen molar-refractivity contribution >= 4 is 15.9 Å². The number of halogens is 2. The van der Waals surface area contributed by atoms with Gasteiger partial charge in [-0.25, -0.2) is 4.39 Å². The molecular formula is C18H20BrFO. The second kappa shape index (κ2) is 7.60. The Morgan fingerprint density at radius 2 is 1.81 bits per heavy atom. The lowest BCUT2D eigenvalue weighted by molar-refractivity contribution is 0.405. The highest BCUT2D eigenvalue weighted by atomic mass is 79.9. The predicted octanol–water partition coefficient (Wildman–Crippen LogP) is 4.94. The van der Waals surface area contributed by atoms with Gasteiger partial charge in [-0.3, -0.25) is 0 Å². The smallest absolute Gasteiger partial charge is 0.123 e. The van der Waals surface area contributed by atoms with Gasteiger partial charge in [0, 0.05) is 5.33 Å². The van der Waals surface area contributed by atoms with Crippen molar-refractivity contribution in [3.8, 4) is 5.75 Å². The predicted molar refractivity (Wildman–Crippen MR) is 88.8 cm³/mol. The molecule has 1 nitrogen and oxygen atoms in total. The maximum Gasteiger partial charge on any atom is 0.123 e. The van der Waals surface area contributed by atoms with E-state index >= 15 is 0 Å². The van der Waals surface area contributed by atoms with Crippen LogP contribution in [-0.4, -0.2) is 12.4 Å². The first-order valence-electron chi connectivity index (χ1n) is 7.06. The van der Waals surface area contributed by atoms with Crippen LogP contribution in [-0.2, 0) is 12.8 Å². The topological polar surface area (TPSA) is 9.23 Å². The van der Waals surface area contributed by atoms with Crippen LogP contribution in [0.15, 0.2) is 42.5 Å². The maximum atomic E-state index is 13.0. The number of alkyl halides is 1. The second-order valence-corrected chi connectivity index (χ2v) is 6.02. The Morgan fingerprint density at radius 1 is 1.10 bits per heavy atom. The Labute approximate surface area is 134 Å². The van der Waals surface area contributed by atoms with E-state index in [0.717, 1.165) is 29.5 Å². The molecule has 0 spiro atoms. The van der Waals surface area contributed by atoms with Crippen molar-refractivity contribution < 1.29 is 9.13 Å². The van der Waals surface area contributed by atoms with Gasteiger partial charge in [0.15, 0.2) is 0 Å². The molecule has 2 rings (SSSR count). The minimum atomic E-state index is -0.186. The maximum absolute atomic E-state index is 13.0. The van der Waals surface area contributed by atoms with Crippen molar-refractivity contribution in [2.75, 3.05) is 12.4 Å². The fraction of sp³-hybridized carbons (Fsp3) is 0.333. The van der Waals surface area contributed by atoms with E-state index in [9.17, 15) is 4.39 Å². The van der Waals surface area contributed by atoms with Gasteiger partial charge < -0.3 is 4.74 Å². The molecular weight excluding hydrogens is 331 g/mol. The molecule has 1 atom stereocenters. The number of benzene rings is 2. The first-order chi connectivity index (χ1) is 10.1. The average Bonchev–Trinajstić information content (AvgIpc) is 2.49. The van der Waals surface area contributed by atoms with Gasteiger partial charge in [0.25, 0.3) is 0 Å². The lowest BCUT2D eigenvalue weighted by atomic mass is 9.93. The molecule has 0 amide bonds. The van der Waals surface area contributed by atoms with Crippen LogP contribution in [0.3, 0.4) is 0 Å². The van der Waals surface area contributed by atoms with Gasteiger partial charge in [-0.05, 0) is 55.0 Å². The standard InChI is InChI=1S/C18H20BrFO/c1-13-3-8-18(21-2)16(9-13)11-15(12-19)10-14-4-6-17(20)7-5-14/h3-9,15H,10-12H2,1-2H3. The number of rotatable bonds is 6. The average molecular weight is 351 g/mol. The zero-order chi connectivity index (χ0) is 15.2. The van der Waals surface area contributed by atoms with Gasteiger partial charge >= 0.3 is 0 Å². The van der Waals surface area contributed by atoms with E-state index in [1.807, 2.05) is 18.2 Å². The summed E-state index contributed by atoms with van der Waals surface area (Å²) in [4.78, 5) is 0. The lowest BCUT2D eigenvalue weighted by Crippen LogP contribution is -2.11. The van der Waals surface area contributed by atoms with Crippen LogP contribution in [0.4, 0.5) is 4.39 Å². The van der Waals surface area contributed by atoms with E-state index in [4.69, 9.17) is 4.74 Å². The molecule has 0 saturated carbocycles. The lowest BCUT2D eigenvalue weighted by Gasteiger charge is -2.17. The Morgan fingerprint density at radius 3 is 2.43 bits per heavy atom. The normalized spacial score (nSPS) is 12.2. The summed E-state index contributed by atoms with van der Waals surface area (Å²) >= 11 is 3.60. The molecule has 2 aromatic rings. The molecule has 0 radical (unpaired) electrons. The summed E-state index contributed by atoms with van der Waals surface area (Å²) in [6, 6.07) is 13.0. The quantitative estimate of drug-likeness (QED) is 0.670. The highest BCUT2D eigenvalue weighted by Gasteiger charge is 2.13. The minimum Gasteiger partial charge on any atom is -0.496 e. The van der Waals surface area contributed by atoms with Crippen molar-refractivity contribution in [1.29, 1.82) is 0 Å². The molecule has 0 bridgehead atoms. The highest BCUT2D eigenvalue weighted by Crippen LogP contribution is 2.25. The van der Waals surface area contributed by atoms with Crippen LogP contribution in [0.2, 0.25) is 0 Å². The van der Waals surface area contributed by atoms with Crippen LogP contribution < -0.4 is 4.74 Å². The SMILES string of the molecule is COc1ccc(C)cc1CC(CBr)Cc1ccc(F)cc1. The molecule has 0 fully saturated rings. The van der Waals surface area contributed by atoms with Crippen LogP contribution in [0, 0.1) is 18.7 Å². The molecule has 0 aromatic heterocycles. The molecule has 0 N–H and O–H groups in total. The Kier molecular flexibility index (Phi) is 5.80. The van der Waals surface area contributed by atoms with Crippen molar-refractivity contribution in [3.63, 3.8) is 0 Å². The van der Waals surface area contributed by atoms with Gasteiger partial charge in [-0.1, -0.05) is 45.8 Å². The summed E-state index contributed by atoms with van der Waals surface area (Å²) in [7, 11) is 1.71. The zero-order valence-electron chi connectivity index (χ0n) is 12.4. The number of methoxy groups -OCH3 is 1. The van der Waals surface area contributed by atoms with E-state index in [0.29, 0.717) is 5.92 Å². The van der Waals surface area contributed by atoms with Crippen molar-refractivity contribution in [1.82, 2.24) is 0 Å². The molecule has 0 aliphatic heterocycles. The third-order valence-electron chi connectivity index (χ3n) is 3.60. The first kappa shape index (κ1) is 16.0. The molecule has 0 heterocycles. The third-order valence-corrected chi connectivity index (χ3v) is 4.52. The Bertz CT molecular complexity index is 580.